The van der Waals surface area contributed by atoms with Crippen molar-refractivity contribution in [3.8, 4) is 0 Å². The van der Waals surface area contributed by atoms with Crippen LogP contribution in [0.1, 0.15) is 0 Å². The fraction of sp³-hybridized carbons (Fsp3) is 0.929. The van der Waals surface area contributed by atoms with Gasteiger partial charge in [-0.3, -0.25) is 4.79 Å². The van der Waals surface area contributed by atoms with E-state index in [9.17, 15) is 40.5 Å². The molecular formula is C14H25NO12. The third-order valence-electron chi connectivity index (χ3n) is 4.37. The van der Waals surface area contributed by atoms with E-state index < -0.39 is 87.1 Å². The zero-order valence-corrected chi connectivity index (χ0v) is 14.1. The van der Waals surface area contributed by atoms with Crippen molar-refractivity contribution in [3.05, 3.63) is 0 Å². The Hall–Kier alpha value is -0.970. The van der Waals surface area contributed by atoms with Gasteiger partial charge < -0.3 is 60.4 Å². The molecule has 27 heavy (non-hydrogen) atoms. The monoisotopic (exact) mass is 399 g/mol. The number of esters is 1. The Morgan fingerprint density at radius 1 is 0.889 bits per heavy atom. The maximum atomic E-state index is 11.4. The Bertz CT molecular complexity index is 495. The van der Waals surface area contributed by atoms with Crippen molar-refractivity contribution < 1.29 is 59.5 Å². The Morgan fingerprint density at radius 2 is 1.52 bits per heavy atom. The van der Waals surface area contributed by atoms with Crippen LogP contribution in [0.15, 0.2) is 0 Å². The molecule has 9 N–H and O–H groups in total. The van der Waals surface area contributed by atoms with Gasteiger partial charge in [-0.1, -0.05) is 0 Å². The lowest BCUT2D eigenvalue weighted by Gasteiger charge is -2.42. The number of hydrogen-bond donors (Lipinski definition) is 8. The van der Waals surface area contributed by atoms with Crippen LogP contribution in [0.2, 0.25) is 0 Å². The molecule has 2 saturated heterocycles. The quantitative estimate of drug-likeness (QED) is 0.195. The van der Waals surface area contributed by atoms with E-state index in [1.165, 1.54) is 0 Å². The van der Waals surface area contributed by atoms with E-state index in [0.717, 1.165) is 0 Å². The third kappa shape index (κ3) is 4.90. The van der Waals surface area contributed by atoms with Crippen molar-refractivity contribution in [1.82, 2.24) is 0 Å². The van der Waals surface area contributed by atoms with Crippen LogP contribution in [0.25, 0.3) is 0 Å². The van der Waals surface area contributed by atoms with E-state index in [4.69, 9.17) is 24.7 Å². The molecule has 0 aliphatic carbocycles. The van der Waals surface area contributed by atoms with Gasteiger partial charge in [0.1, 0.15) is 42.7 Å². The molecule has 0 amide bonds. The van der Waals surface area contributed by atoms with E-state index in [0.29, 0.717) is 0 Å². The van der Waals surface area contributed by atoms with Crippen LogP contribution < -0.4 is 5.73 Å². The molecule has 0 aromatic heterocycles. The van der Waals surface area contributed by atoms with E-state index in [-0.39, 0.29) is 0 Å². The molecule has 2 aliphatic heterocycles. The summed E-state index contributed by atoms with van der Waals surface area (Å²) in [5.41, 5.74) is 5.15. The van der Waals surface area contributed by atoms with Gasteiger partial charge >= 0.3 is 5.97 Å². The minimum absolute atomic E-state index is 0.518. The summed E-state index contributed by atoms with van der Waals surface area (Å²) >= 11 is 0. The number of nitrogens with two attached hydrogens (primary N) is 1. The topological polar surface area (TPSA) is 222 Å². The molecule has 2 rings (SSSR count). The van der Waals surface area contributed by atoms with E-state index in [1.54, 1.807) is 0 Å². The van der Waals surface area contributed by atoms with Gasteiger partial charge in [-0.05, 0) is 0 Å². The van der Waals surface area contributed by atoms with E-state index in [1.807, 2.05) is 0 Å². The van der Waals surface area contributed by atoms with Gasteiger partial charge in [0.25, 0.3) is 0 Å². The smallest absolute Gasteiger partial charge is 0.320 e. The molecular weight excluding hydrogens is 374 g/mol. The molecule has 0 aromatic rings. The molecule has 10 atom stereocenters. The molecule has 0 saturated carbocycles. The van der Waals surface area contributed by atoms with Crippen LogP contribution in [0, 0.1) is 0 Å². The number of rotatable bonds is 6. The summed E-state index contributed by atoms with van der Waals surface area (Å²) in [5.74, 6) is -0.922. The molecule has 158 valence electrons. The Balaban J connectivity index is 2.06. The maximum absolute atomic E-state index is 11.4. The van der Waals surface area contributed by atoms with Crippen LogP contribution in [-0.2, 0) is 23.7 Å². The van der Waals surface area contributed by atoms with Crippen LogP contribution in [0.3, 0.4) is 0 Å². The highest BCUT2D eigenvalue weighted by molar-refractivity contribution is 5.71. The van der Waals surface area contributed by atoms with Gasteiger partial charge in [-0.2, -0.15) is 0 Å². The van der Waals surface area contributed by atoms with Crippen molar-refractivity contribution in [2.75, 3.05) is 19.8 Å². The van der Waals surface area contributed by atoms with Gasteiger partial charge in [-0.15, -0.1) is 0 Å². The molecule has 0 radical (unpaired) electrons. The zero-order valence-electron chi connectivity index (χ0n) is 14.1. The summed E-state index contributed by atoms with van der Waals surface area (Å²) in [5, 5.41) is 67.8. The number of hydrogen-bond acceptors (Lipinski definition) is 13. The average molecular weight is 399 g/mol. The van der Waals surface area contributed by atoms with Gasteiger partial charge in [0, 0.05) is 0 Å². The fourth-order valence-corrected chi connectivity index (χ4v) is 2.77. The molecule has 0 aromatic carbocycles. The first-order valence-electron chi connectivity index (χ1n) is 8.22. The third-order valence-corrected chi connectivity index (χ3v) is 4.37. The lowest BCUT2D eigenvalue weighted by atomic mass is 9.98. The second kappa shape index (κ2) is 9.49. The van der Waals surface area contributed by atoms with Gasteiger partial charge in [0.05, 0.1) is 19.8 Å². The first-order valence-corrected chi connectivity index (χ1v) is 8.22. The van der Waals surface area contributed by atoms with Gasteiger partial charge in [0.2, 0.25) is 0 Å². The number of ether oxygens (including phenoxy) is 4. The molecule has 2 aliphatic rings. The lowest BCUT2D eigenvalue weighted by Crippen LogP contribution is -2.62. The molecule has 2 heterocycles. The first-order chi connectivity index (χ1) is 12.7. The van der Waals surface area contributed by atoms with E-state index in [2.05, 4.69) is 0 Å². The largest absolute Gasteiger partial charge is 0.453 e. The Morgan fingerprint density at radius 3 is 2.11 bits per heavy atom. The number of aliphatic hydroxyl groups excluding tert-OH is 7. The average Bonchev–Trinajstić information content (AvgIpc) is 2.66. The minimum Gasteiger partial charge on any atom is -0.453 e. The maximum Gasteiger partial charge on any atom is 0.320 e. The van der Waals surface area contributed by atoms with Crippen LogP contribution in [-0.4, -0.2) is 123 Å². The molecule has 0 unspecified atom stereocenters. The summed E-state index contributed by atoms with van der Waals surface area (Å²) in [4.78, 5) is 11.4. The highest BCUT2D eigenvalue weighted by Crippen LogP contribution is 2.26. The first kappa shape index (κ1) is 22.3. The van der Waals surface area contributed by atoms with Crippen molar-refractivity contribution in [2.45, 2.75) is 61.4 Å². The number of carbonyl (C=O) groups is 1. The summed E-state index contributed by atoms with van der Waals surface area (Å²) in [6, 6.07) is 0. The van der Waals surface area contributed by atoms with E-state index >= 15 is 0 Å². The molecule has 2 fully saturated rings. The minimum atomic E-state index is -1.78. The lowest BCUT2D eigenvalue weighted by molar-refractivity contribution is -0.327. The zero-order chi connectivity index (χ0) is 20.3. The van der Waals surface area contributed by atoms with Gasteiger partial charge in [-0.25, -0.2) is 0 Å². The number of carbonyl (C=O) groups excluding carboxylic acids is 1. The van der Waals surface area contributed by atoms with Crippen molar-refractivity contribution in [3.63, 3.8) is 0 Å². The van der Waals surface area contributed by atoms with Crippen LogP contribution in [0.5, 0.6) is 0 Å². The highest BCUT2D eigenvalue weighted by Gasteiger charge is 2.48. The molecule has 13 heteroatoms. The van der Waals surface area contributed by atoms with Gasteiger partial charge in [0.15, 0.2) is 18.7 Å². The second-order valence-electron chi connectivity index (χ2n) is 6.24. The predicted molar refractivity (Wildman–Crippen MR) is 81.5 cm³/mol. The summed E-state index contributed by atoms with van der Waals surface area (Å²) in [6.07, 6.45) is -15.7. The standard InChI is InChI=1S/C14H25NO12/c15-1-6(17)27-12-10(21)7(18)4(2-16)26-14(12)24-3-5-8(19)9(20)11(22)13(23)25-5/h4-5,7-14,16,18-23H,1-3,15H2/t4-,5-,7+,8-,9+,10+,11-,12-,13-,14+/m1/s1. The van der Waals surface area contributed by atoms with Crippen molar-refractivity contribution in [2.24, 2.45) is 5.73 Å². The SMILES string of the molecule is NCC(=O)O[C@H]1[C@@H](OC[C@H]2O[C@@H](O)[C@H](O)[C@@H](O)[C@@H]2O)O[C@H](CO)[C@H](O)[C@@H]1O. The fourth-order valence-electron chi connectivity index (χ4n) is 2.77. The second-order valence-corrected chi connectivity index (χ2v) is 6.24. The summed E-state index contributed by atoms with van der Waals surface area (Å²) < 4.78 is 20.4. The van der Waals surface area contributed by atoms with Crippen molar-refractivity contribution in [1.29, 1.82) is 0 Å². The Kier molecular flexibility index (Phi) is 7.84. The molecule has 13 nitrogen and oxygen atoms in total. The summed E-state index contributed by atoms with van der Waals surface area (Å²) in [6.45, 7) is -1.72. The predicted octanol–water partition coefficient (Wildman–Crippen LogP) is -5.89. The molecule has 0 spiro atoms. The highest BCUT2D eigenvalue weighted by atomic mass is 16.7. The molecule has 0 bridgehead atoms. The van der Waals surface area contributed by atoms with Crippen LogP contribution >= 0.6 is 0 Å². The van der Waals surface area contributed by atoms with Crippen LogP contribution in [0.4, 0.5) is 0 Å². The summed E-state index contributed by atoms with van der Waals surface area (Å²) in [7, 11) is 0. The Labute approximate surface area is 153 Å². The normalized spacial score (nSPS) is 45.5. The van der Waals surface area contributed by atoms with Crippen molar-refractivity contribution >= 4 is 5.97 Å². The number of aliphatic hydroxyl groups is 7.